The summed E-state index contributed by atoms with van der Waals surface area (Å²) in [5.74, 6) is -1.61. The van der Waals surface area contributed by atoms with Crippen LogP contribution in [0.25, 0.3) is 0 Å². The molecule has 0 amide bonds. The van der Waals surface area contributed by atoms with Gasteiger partial charge < -0.3 is 5.11 Å². The van der Waals surface area contributed by atoms with Crippen LogP contribution in [-0.4, -0.2) is 23.3 Å². The molecule has 0 aliphatic carbocycles. The van der Waals surface area contributed by atoms with E-state index in [2.05, 4.69) is 0 Å². The SMILES string of the molecule is O=C(CCO)C(=O)C(c1ccccc1)c1ccccc1. The lowest BCUT2D eigenvalue weighted by Gasteiger charge is -2.16. The lowest BCUT2D eigenvalue weighted by Crippen LogP contribution is -2.24. The van der Waals surface area contributed by atoms with Crippen LogP contribution in [0.2, 0.25) is 0 Å². The van der Waals surface area contributed by atoms with Crippen molar-refractivity contribution in [3.05, 3.63) is 71.8 Å². The summed E-state index contributed by atoms with van der Waals surface area (Å²) < 4.78 is 0. The number of hydrogen-bond acceptors (Lipinski definition) is 3. The second kappa shape index (κ2) is 6.78. The molecule has 0 spiro atoms. The Bertz CT molecular complexity index is 536. The highest BCUT2D eigenvalue weighted by Crippen LogP contribution is 2.26. The summed E-state index contributed by atoms with van der Waals surface area (Å²) in [6.07, 6.45) is -0.130. The molecule has 3 heteroatoms. The van der Waals surface area contributed by atoms with Gasteiger partial charge in [0.2, 0.25) is 11.6 Å². The average Bonchev–Trinajstić information content (AvgIpc) is 2.50. The number of benzene rings is 2. The van der Waals surface area contributed by atoms with Crippen molar-refractivity contribution in [3.8, 4) is 0 Å². The van der Waals surface area contributed by atoms with E-state index in [1.165, 1.54) is 0 Å². The van der Waals surface area contributed by atoms with E-state index in [0.29, 0.717) is 0 Å². The van der Waals surface area contributed by atoms with Crippen molar-refractivity contribution < 1.29 is 14.7 Å². The fraction of sp³-hybridized carbons (Fsp3) is 0.176. The van der Waals surface area contributed by atoms with Crippen LogP contribution >= 0.6 is 0 Å². The largest absolute Gasteiger partial charge is 0.396 e. The normalized spacial score (nSPS) is 10.5. The van der Waals surface area contributed by atoms with Crippen LogP contribution in [-0.2, 0) is 9.59 Å². The summed E-state index contributed by atoms with van der Waals surface area (Å²) in [5.41, 5.74) is 1.57. The first-order valence-corrected chi connectivity index (χ1v) is 6.52. The first-order valence-electron chi connectivity index (χ1n) is 6.52. The third-order valence-electron chi connectivity index (χ3n) is 3.14. The van der Waals surface area contributed by atoms with Crippen molar-refractivity contribution >= 4 is 11.6 Å². The van der Waals surface area contributed by atoms with Crippen LogP contribution < -0.4 is 0 Å². The molecule has 20 heavy (non-hydrogen) atoms. The number of aliphatic hydroxyl groups is 1. The van der Waals surface area contributed by atoms with Gasteiger partial charge in [0.05, 0.1) is 12.5 Å². The Labute approximate surface area is 117 Å². The van der Waals surface area contributed by atoms with E-state index in [4.69, 9.17) is 5.11 Å². The molecule has 0 heterocycles. The molecule has 0 aromatic heterocycles. The smallest absolute Gasteiger partial charge is 0.210 e. The monoisotopic (exact) mass is 268 g/mol. The van der Waals surface area contributed by atoms with Crippen molar-refractivity contribution in [1.82, 2.24) is 0 Å². The van der Waals surface area contributed by atoms with Gasteiger partial charge in [-0.2, -0.15) is 0 Å². The molecule has 0 atom stereocenters. The topological polar surface area (TPSA) is 54.4 Å². The van der Waals surface area contributed by atoms with Gasteiger partial charge in [0.25, 0.3) is 0 Å². The van der Waals surface area contributed by atoms with Gasteiger partial charge in [0.15, 0.2) is 0 Å². The third kappa shape index (κ3) is 3.19. The van der Waals surface area contributed by atoms with E-state index < -0.39 is 17.5 Å². The fourth-order valence-electron chi connectivity index (χ4n) is 2.17. The maximum Gasteiger partial charge on any atom is 0.210 e. The summed E-state index contributed by atoms with van der Waals surface area (Å²) in [7, 11) is 0. The first kappa shape index (κ1) is 14.2. The molecule has 2 aromatic carbocycles. The van der Waals surface area contributed by atoms with Gasteiger partial charge >= 0.3 is 0 Å². The minimum Gasteiger partial charge on any atom is -0.396 e. The number of ketones is 2. The minimum atomic E-state index is -0.601. The predicted molar refractivity (Wildman–Crippen MR) is 76.4 cm³/mol. The molecule has 0 saturated heterocycles. The van der Waals surface area contributed by atoms with Crippen molar-refractivity contribution in [2.45, 2.75) is 12.3 Å². The number of rotatable bonds is 6. The highest BCUT2D eigenvalue weighted by molar-refractivity contribution is 6.39. The molecule has 2 aromatic rings. The fourth-order valence-corrected chi connectivity index (χ4v) is 2.17. The Morgan fingerprint density at radius 2 is 1.30 bits per heavy atom. The quantitative estimate of drug-likeness (QED) is 0.818. The second-order valence-corrected chi connectivity index (χ2v) is 4.52. The molecule has 3 nitrogen and oxygen atoms in total. The highest BCUT2D eigenvalue weighted by atomic mass is 16.3. The molecule has 1 N–H and O–H groups in total. The van der Waals surface area contributed by atoms with E-state index in [1.807, 2.05) is 60.7 Å². The molecule has 0 unspecified atom stereocenters. The summed E-state index contributed by atoms with van der Waals surface area (Å²) in [6, 6.07) is 18.4. The number of carbonyl (C=O) groups excluding carboxylic acids is 2. The molecule has 0 fully saturated rings. The summed E-state index contributed by atoms with van der Waals surface area (Å²) in [4.78, 5) is 24.2. The molecular formula is C17H16O3. The maximum absolute atomic E-state index is 12.4. The molecule has 0 radical (unpaired) electrons. The Kier molecular flexibility index (Phi) is 4.80. The molecule has 0 aliphatic heterocycles. The molecule has 0 aliphatic rings. The van der Waals surface area contributed by atoms with Gasteiger partial charge in [-0.3, -0.25) is 9.59 Å². The van der Waals surface area contributed by atoms with Crippen LogP contribution in [0.5, 0.6) is 0 Å². The van der Waals surface area contributed by atoms with E-state index in [-0.39, 0.29) is 13.0 Å². The maximum atomic E-state index is 12.4. The second-order valence-electron chi connectivity index (χ2n) is 4.52. The van der Waals surface area contributed by atoms with Gasteiger partial charge in [-0.05, 0) is 11.1 Å². The van der Waals surface area contributed by atoms with E-state index >= 15 is 0 Å². The van der Waals surface area contributed by atoms with Gasteiger partial charge in [-0.25, -0.2) is 0 Å². The van der Waals surface area contributed by atoms with Gasteiger partial charge in [-0.15, -0.1) is 0 Å². The van der Waals surface area contributed by atoms with E-state index in [1.54, 1.807) is 0 Å². The molecule has 0 bridgehead atoms. The van der Waals surface area contributed by atoms with Crippen molar-refractivity contribution in [1.29, 1.82) is 0 Å². The van der Waals surface area contributed by atoms with Gasteiger partial charge in [0.1, 0.15) is 0 Å². The molecule has 2 rings (SSSR count). The van der Waals surface area contributed by atoms with Crippen molar-refractivity contribution in [2.24, 2.45) is 0 Å². The summed E-state index contributed by atoms with van der Waals surface area (Å²) in [6.45, 7) is -0.305. The highest BCUT2D eigenvalue weighted by Gasteiger charge is 2.27. The van der Waals surface area contributed by atoms with Gasteiger partial charge in [-0.1, -0.05) is 60.7 Å². The Balaban J connectivity index is 2.40. The van der Waals surface area contributed by atoms with E-state index in [9.17, 15) is 9.59 Å². The number of hydrogen-bond donors (Lipinski definition) is 1. The van der Waals surface area contributed by atoms with Crippen molar-refractivity contribution in [3.63, 3.8) is 0 Å². The zero-order valence-corrected chi connectivity index (χ0v) is 11.0. The zero-order chi connectivity index (χ0) is 14.4. The van der Waals surface area contributed by atoms with Crippen LogP contribution in [0.15, 0.2) is 60.7 Å². The zero-order valence-electron chi connectivity index (χ0n) is 11.0. The Hall–Kier alpha value is -2.26. The molecule has 0 saturated carbocycles. The lowest BCUT2D eigenvalue weighted by atomic mass is 9.85. The van der Waals surface area contributed by atoms with Crippen LogP contribution in [0.1, 0.15) is 23.5 Å². The Morgan fingerprint density at radius 3 is 1.70 bits per heavy atom. The lowest BCUT2D eigenvalue weighted by molar-refractivity contribution is -0.137. The van der Waals surface area contributed by atoms with Crippen LogP contribution in [0.4, 0.5) is 0 Å². The number of Topliss-reactive ketones (excluding diaryl/α,β-unsaturated/α-hetero) is 2. The Morgan fingerprint density at radius 1 is 0.850 bits per heavy atom. The minimum absolute atomic E-state index is 0.130. The third-order valence-corrected chi connectivity index (χ3v) is 3.14. The van der Waals surface area contributed by atoms with Crippen molar-refractivity contribution in [2.75, 3.05) is 6.61 Å². The van der Waals surface area contributed by atoms with E-state index in [0.717, 1.165) is 11.1 Å². The van der Waals surface area contributed by atoms with Gasteiger partial charge in [0, 0.05) is 6.42 Å². The molecular weight excluding hydrogens is 252 g/mol. The summed E-state index contributed by atoms with van der Waals surface area (Å²) in [5, 5.41) is 8.84. The predicted octanol–water partition coefficient (Wildman–Crippen LogP) is 2.34. The molecule has 102 valence electrons. The summed E-state index contributed by atoms with van der Waals surface area (Å²) >= 11 is 0. The average molecular weight is 268 g/mol. The first-order chi connectivity index (χ1) is 9.74. The van der Waals surface area contributed by atoms with Crippen LogP contribution in [0.3, 0.4) is 0 Å². The standard InChI is InChI=1S/C17H16O3/c18-12-11-15(19)17(20)16(13-7-3-1-4-8-13)14-9-5-2-6-10-14/h1-10,16,18H,11-12H2. The number of aliphatic hydroxyl groups excluding tert-OH is 1. The number of carbonyl (C=O) groups is 2. The van der Waals surface area contributed by atoms with Crippen LogP contribution in [0, 0.1) is 0 Å².